The number of benzene rings is 2. The van der Waals surface area contributed by atoms with E-state index < -0.39 is 0 Å². The molecule has 0 atom stereocenters. The Labute approximate surface area is 178 Å². The minimum atomic E-state index is -0.0437. The van der Waals surface area contributed by atoms with E-state index in [1.807, 2.05) is 37.4 Å². The number of rotatable bonds is 7. The van der Waals surface area contributed by atoms with Crippen LogP contribution in [-0.4, -0.2) is 33.4 Å². The van der Waals surface area contributed by atoms with Crippen molar-refractivity contribution in [3.8, 4) is 0 Å². The number of hydrogen-bond acceptors (Lipinski definition) is 3. The number of piperidine rings is 1. The highest BCUT2D eigenvalue weighted by molar-refractivity contribution is 5.94. The van der Waals surface area contributed by atoms with Gasteiger partial charge in [-0.1, -0.05) is 42.8 Å². The fourth-order valence-corrected chi connectivity index (χ4v) is 3.95. The summed E-state index contributed by atoms with van der Waals surface area (Å²) in [6, 6.07) is 16.4. The average Bonchev–Trinajstić information content (AvgIpc) is 3.18. The van der Waals surface area contributed by atoms with Crippen molar-refractivity contribution in [3.63, 3.8) is 0 Å². The van der Waals surface area contributed by atoms with Gasteiger partial charge in [-0.05, 0) is 61.7 Å². The molecule has 2 heterocycles. The zero-order valence-electron chi connectivity index (χ0n) is 17.7. The second-order valence-corrected chi connectivity index (χ2v) is 8.14. The van der Waals surface area contributed by atoms with Gasteiger partial charge in [0.2, 0.25) is 0 Å². The van der Waals surface area contributed by atoms with Crippen LogP contribution in [0.15, 0.2) is 60.9 Å². The van der Waals surface area contributed by atoms with Gasteiger partial charge in [-0.25, -0.2) is 4.98 Å². The summed E-state index contributed by atoms with van der Waals surface area (Å²) < 4.78 is 2.09. The van der Waals surface area contributed by atoms with Gasteiger partial charge >= 0.3 is 0 Å². The molecule has 1 aliphatic heterocycles. The van der Waals surface area contributed by atoms with Gasteiger partial charge < -0.3 is 9.88 Å². The minimum Gasteiger partial charge on any atom is -0.348 e. The number of hydrogen-bond donors (Lipinski definition) is 1. The molecule has 1 saturated heterocycles. The number of carbonyl (C=O) groups is 1. The van der Waals surface area contributed by atoms with Crippen LogP contribution in [0.1, 0.15) is 52.1 Å². The smallest absolute Gasteiger partial charge is 0.251 e. The molecule has 0 saturated carbocycles. The van der Waals surface area contributed by atoms with Gasteiger partial charge in [-0.3, -0.25) is 9.69 Å². The number of nitrogens with one attached hydrogen (secondary N) is 1. The lowest BCUT2D eigenvalue weighted by atomic mass is 10.1. The van der Waals surface area contributed by atoms with Crippen LogP contribution in [0.5, 0.6) is 0 Å². The molecule has 156 valence electrons. The number of imidazole rings is 1. The highest BCUT2D eigenvalue weighted by Gasteiger charge is 2.10. The molecule has 5 nitrogen and oxygen atoms in total. The van der Waals surface area contributed by atoms with E-state index in [1.54, 1.807) is 6.20 Å². The summed E-state index contributed by atoms with van der Waals surface area (Å²) in [6.45, 7) is 6.73. The molecule has 0 bridgehead atoms. The predicted molar refractivity (Wildman–Crippen MR) is 119 cm³/mol. The van der Waals surface area contributed by atoms with Gasteiger partial charge in [0, 0.05) is 37.6 Å². The number of amides is 1. The molecule has 1 N–H and O–H groups in total. The number of aryl methyl sites for hydroxylation is 1. The van der Waals surface area contributed by atoms with E-state index >= 15 is 0 Å². The van der Waals surface area contributed by atoms with Gasteiger partial charge in [0.15, 0.2) is 0 Å². The third-order valence-electron chi connectivity index (χ3n) is 5.82. The van der Waals surface area contributed by atoms with Crippen LogP contribution in [0, 0.1) is 6.92 Å². The van der Waals surface area contributed by atoms with Crippen molar-refractivity contribution in [1.82, 2.24) is 19.8 Å². The van der Waals surface area contributed by atoms with Crippen molar-refractivity contribution >= 4 is 5.91 Å². The standard InChI is InChI=1S/C25H30N4O/c1-20-26-13-16-29(20)19-23-9-11-24(12-10-23)25(30)27-17-21-5-7-22(8-6-21)18-28-14-3-2-4-15-28/h5-13,16H,2-4,14-15,17-19H2,1H3,(H,27,30). The van der Waals surface area contributed by atoms with Gasteiger partial charge in [0.25, 0.3) is 5.91 Å². The Morgan fingerprint density at radius 3 is 2.20 bits per heavy atom. The van der Waals surface area contributed by atoms with Crippen LogP contribution in [0.3, 0.4) is 0 Å². The molecule has 0 aliphatic carbocycles. The van der Waals surface area contributed by atoms with Crippen LogP contribution < -0.4 is 5.32 Å². The maximum atomic E-state index is 12.5. The zero-order chi connectivity index (χ0) is 20.8. The first-order chi connectivity index (χ1) is 14.7. The number of nitrogens with zero attached hydrogens (tertiary/aromatic N) is 3. The van der Waals surface area contributed by atoms with E-state index in [0.29, 0.717) is 12.1 Å². The summed E-state index contributed by atoms with van der Waals surface area (Å²) in [4.78, 5) is 19.3. The average molecular weight is 403 g/mol. The summed E-state index contributed by atoms with van der Waals surface area (Å²) in [5.41, 5.74) is 4.30. The topological polar surface area (TPSA) is 50.2 Å². The molecular formula is C25H30N4O. The summed E-state index contributed by atoms with van der Waals surface area (Å²) in [5, 5.41) is 3.03. The predicted octanol–water partition coefficient (Wildman–Crippen LogP) is 4.16. The molecular weight excluding hydrogens is 372 g/mol. The summed E-state index contributed by atoms with van der Waals surface area (Å²) in [5.74, 6) is 0.941. The maximum Gasteiger partial charge on any atom is 0.251 e. The van der Waals surface area contributed by atoms with Crippen molar-refractivity contribution in [2.45, 2.75) is 45.8 Å². The second-order valence-electron chi connectivity index (χ2n) is 8.14. The highest BCUT2D eigenvalue weighted by Crippen LogP contribution is 2.14. The molecule has 2 aromatic carbocycles. The van der Waals surface area contributed by atoms with E-state index in [4.69, 9.17) is 0 Å². The van der Waals surface area contributed by atoms with E-state index in [9.17, 15) is 4.79 Å². The van der Waals surface area contributed by atoms with Gasteiger partial charge in [-0.15, -0.1) is 0 Å². The van der Waals surface area contributed by atoms with Gasteiger partial charge in [0.05, 0.1) is 0 Å². The third-order valence-corrected chi connectivity index (χ3v) is 5.82. The summed E-state index contributed by atoms with van der Waals surface area (Å²) in [6.07, 6.45) is 7.76. The van der Waals surface area contributed by atoms with Crippen molar-refractivity contribution in [3.05, 3.63) is 89.0 Å². The maximum absolute atomic E-state index is 12.5. The first-order valence-electron chi connectivity index (χ1n) is 10.8. The van der Waals surface area contributed by atoms with Crippen LogP contribution in [0.2, 0.25) is 0 Å². The molecule has 5 heteroatoms. The molecule has 1 aliphatic rings. The fraction of sp³-hybridized carbons (Fsp3) is 0.360. The largest absolute Gasteiger partial charge is 0.348 e. The Kier molecular flexibility index (Phi) is 6.60. The van der Waals surface area contributed by atoms with Crippen LogP contribution in [0.25, 0.3) is 0 Å². The summed E-state index contributed by atoms with van der Waals surface area (Å²) >= 11 is 0. The summed E-state index contributed by atoms with van der Waals surface area (Å²) in [7, 11) is 0. The lowest BCUT2D eigenvalue weighted by Crippen LogP contribution is -2.29. The Morgan fingerprint density at radius 2 is 1.53 bits per heavy atom. The van der Waals surface area contributed by atoms with Crippen molar-refractivity contribution in [2.24, 2.45) is 0 Å². The Bertz CT molecular complexity index is 954. The van der Waals surface area contributed by atoms with E-state index in [0.717, 1.165) is 30.0 Å². The van der Waals surface area contributed by atoms with Crippen LogP contribution in [0.4, 0.5) is 0 Å². The lowest BCUT2D eigenvalue weighted by molar-refractivity contribution is 0.0951. The number of carbonyl (C=O) groups excluding carboxylic acids is 1. The van der Waals surface area contributed by atoms with Crippen molar-refractivity contribution < 1.29 is 4.79 Å². The van der Waals surface area contributed by atoms with Gasteiger partial charge in [-0.2, -0.15) is 0 Å². The van der Waals surface area contributed by atoms with Crippen LogP contribution in [-0.2, 0) is 19.6 Å². The Balaban J connectivity index is 1.27. The molecule has 1 fully saturated rings. The molecule has 1 aromatic heterocycles. The first kappa shape index (κ1) is 20.4. The highest BCUT2D eigenvalue weighted by atomic mass is 16.1. The van der Waals surface area contributed by atoms with E-state index in [2.05, 4.69) is 44.0 Å². The van der Waals surface area contributed by atoms with Crippen molar-refractivity contribution in [2.75, 3.05) is 13.1 Å². The quantitative estimate of drug-likeness (QED) is 0.646. The Morgan fingerprint density at radius 1 is 0.900 bits per heavy atom. The van der Waals surface area contributed by atoms with Crippen molar-refractivity contribution in [1.29, 1.82) is 0 Å². The van der Waals surface area contributed by atoms with E-state index in [-0.39, 0.29) is 5.91 Å². The minimum absolute atomic E-state index is 0.0437. The number of aromatic nitrogens is 2. The second kappa shape index (κ2) is 9.72. The lowest BCUT2D eigenvalue weighted by Gasteiger charge is -2.26. The monoisotopic (exact) mass is 402 g/mol. The fourth-order valence-electron chi connectivity index (χ4n) is 3.95. The van der Waals surface area contributed by atoms with Gasteiger partial charge in [0.1, 0.15) is 5.82 Å². The molecule has 4 rings (SSSR count). The normalized spacial score (nSPS) is 14.6. The third kappa shape index (κ3) is 5.36. The van der Waals surface area contributed by atoms with E-state index in [1.165, 1.54) is 37.9 Å². The molecule has 0 spiro atoms. The molecule has 30 heavy (non-hydrogen) atoms. The Hall–Kier alpha value is -2.92. The SMILES string of the molecule is Cc1nccn1Cc1ccc(C(=O)NCc2ccc(CN3CCCCC3)cc2)cc1. The molecule has 3 aromatic rings. The first-order valence-corrected chi connectivity index (χ1v) is 10.8. The molecule has 1 amide bonds. The number of likely N-dealkylation sites (tertiary alicyclic amines) is 1. The van der Waals surface area contributed by atoms with Crippen LogP contribution >= 0.6 is 0 Å². The zero-order valence-corrected chi connectivity index (χ0v) is 17.7. The molecule has 0 radical (unpaired) electrons. The molecule has 0 unspecified atom stereocenters.